The van der Waals surface area contributed by atoms with E-state index in [4.69, 9.17) is 28.3 Å². The van der Waals surface area contributed by atoms with Gasteiger partial charge in [0.15, 0.2) is 0 Å². The maximum atomic E-state index is 12.1. The monoisotopic (exact) mass is 318 g/mol. The van der Waals surface area contributed by atoms with Crippen molar-refractivity contribution in [1.82, 2.24) is 4.90 Å². The Labute approximate surface area is 127 Å². The van der Waals surface area contributed by atoms with Crippen molar-refractivity contribution in [2.45, 2.75) is 26.3 Å². The minimum absolute atomic E-state index is 0.114. The van der Waals surface area contributed by atoms with Crippen LogP contribution in [0.5, 0.6) is 0 Å². The van der Waals surface area contributed by atoms with Crippen LogP contribution in [0.25, 0.3) is 0 Å². The molecule has 0 aromatic heterocycles. The number of anilines is 1. The standard InChI is InChI=1S/C13H16Cl2N2O3/c1-3-17(8(2)4-12(18)19)13(20)16-11-6-9(14)5-10(15)7-11/h5-8H,3-4H2,1-2H3,(H,16,20)(H,18,19). The molecule has 0 fully saturated rings. The number of nitrogens with zero attached hydrogens (tertiary/aromatic N) is 1. The average Bonchev–Trinajstić information content (AvgIpc) is 2.26. The van der Waals surface area contributed by atoms with Crippen LogP contribution in [0.1, 0.15) is 20.3 Å². The summed E-state index contributed by atoms with van der Waals surface area (Å²) in [6, 6.07) is 3.90. The summed E-state index contributed by atoms with van der Waals surface area (Å²) < 4.78 is 0. The van der Waals surface area contributed by atoms with Crippen LogP contribution in [0.2, 0.25) is 10.0 Å². The number of benzene rings is 1. The summed E-state index contributed by atoms with van der Waals surface area (Å²) in [5, 5.41) is 12.3. The molecule has 0 aliphatic heterocycles. The number of rotatable bonds is 5. The molecule has 0 saturated carbocycles. The van der Waals surface area contributed by atoms with E-state index in [9.17, 15) is 9.59 Å². The van der Waals surface area contributed by atoms with E-state index in [-0.39, 0.29) is 12.5 Å². The third-order valence-corrected chi connectivity index (χ3v) is 3.15. The Morgan fingerprint density at radius 2 is 1.85 bits per heavy atom. The third kappa shape index (κ3) is 4.90. The van der Waals surface area contributed by atoms with Gasteiger partial charge >= 0.3 is 12.0 Å². The van der Waals surface area contributed by atoms with E-state index < -0.39 is 12.0 Å². The van der Waals surface area contributed by atoms with E-state index in [1.54, 1.807) is 32.0 Å². The van der Waals surface area contributed by atoms with E-state index in [1.807, 2.05) is 0 Å². The fraction of sp³-hybridized carbons (Fsp3) is 0.385. The van der Waals surface area contributed by atoms with Crippen LogP contribution < -0.4 is 5.32 Å². The molecule has 1 unspecified atom stereocenters. The molecule has 0 heterocycles. The summed E-state index contributed by atoms with van der Waals surface area (Å²) in [5.74, 6) is -0.949. The van der Waals surface area contributed by atoms with Gasteiger partial charge in [-0.1, -0.05) is 23.2 Å². The van der Waals surface area contributed by atoms with Gasteiger partial charge in [-0.15, -0.1) is 0 Å². The second-order valence-electron chi connectivity index (χ2n) is 4.32. The Bertz CT molecular complexity index is 488. The molecule has 1 rings (SSSR count). The molecule has 0 saturated heterocycles. The van der Waals surface area contributed by atoms with Gasteiger partial charge in [0.05, 0.1) is 6.42 Å². The molecule has 0 spiro atoms. The van der Waals surface area contributed by atoms with E-state index in [0.717, 1.165) is 0 Å². The fourth-order valence-corrected chi connectivity index (χ4v) is 2.37. The first-order valence-electron chi connectivity index (χ1n) is 6.09. The van der Waals surface area contributed by atoms with E-state index in [0.29, 0.717) is 22.3 Å². The molecule has 110 valence electrons. The SMILES string of the molecule is CCN(C(=O)Nc1cc(Cl)cc(Cl)c1)C(C)CC(=O)O. The molecule has 5 nitrogen and oxygen atoms in total. The third-order valence-electron chi connectivity index (χ3n) is 2.72. The Morgan fingerprint density at radius 1 is 1.30 bits per heavy atom. The molecule has 1 aromatic carbocycles. The Balaban J connectivity index is 2.79. The zero-order valence-corrected chi connectivity index (χ0v) is 12.7. The molecule has 1 aromatic rings. The van der Waals surface area contributed by atoms with Gasteiger partial charge in [-0.2, -0.15) is 0 Å². The number of carboxylic acid groups (broad SMARTS) is 1. The molecular formula is C13H16Cl2N2O3. The Kier molecular flexibility index (Phi) is 6.10. The molecular weight excluding hydrogens is 303 g/mol. The van der Waals surface area contributed by atoms with Crippen LogP contribution in [-0.2, 0) is 4.79 Å². The molecule has 7 heteroatoms. The summed E-state index contributed by atoms with van der Waals surface area (Å²) in [6.07, 6.45) is -0.114. The van der Waals surface area contributed by atoms with Gasteiger partial charge in [-0.3, -0.25) is 4.79 Å². The highest BCUT2D eigenvalue weighted by molar-refractivity contribution is 6.35. The second-order valence-corrected chi connectivity index (χ2v) is 5.19. The Morgan fingerprint density at radius 3 is 2.30 bits per heavy atom. The highest BCUT2D eigenvalue weighted by Crippen LogP contribution is 2.23. The lowest BCUT2D eigenvalue weighted by atomic mass is 10.2. The summed E-state index contributed by atoms with van der Waals surface area (Å²) in [4.78, 5) is 24.3. The van der Waals surface area contributed by atoms with Gasteiger partial charge in [0.1, 0.15) is 0 Å². The van der Waals surface area contributed by atoms with E-state index >= 15 is 0 Å². The number of urea groups is 1. The van der Waals surface area contributed by atoms with Crippen LogP contribution in [0.4, 0.5) is 10.5 Å². The molecule has 20 heavy (non-hydrogen) atoms. The van der Waals surface area contributed by atoms with Crippen molar-refractivity contribution in [2.24, 2.45) is 0 Å². The lowest BCUT2D eigenvalue weighted by Crippen LogP contribution is -2.42. The van der Waals surface area contributed by atoms with E-state index in [1.165, 1.54) is 4.90 Å². The molecule has 0 aliphatic carbocycles. The number of amides is 2. The van der Waals surface area contributed by atoms with Crippen LogP contribution in [0.15, 0.2) is 18.2 Å². The molecule has 0 bridgehead atoms. The van der Waals surface area contributed by atoms with Gasteiger partial charge in [-0.05, 0) is 32.0 Å². The highest BCUT2D eigenvalue weighted by atomic mass is 35.5. The predicted molar refractivity (Wildman–Crippen MR) is 79.6 cm³/mol. The van der Waals surface area contributed by atoms with Gasteiger partial charge in [0.2, 0.25) is 0 Å². The van der Waals surface area contributed by atoms with Crippen molar-refractivity contribution in [3.63, 3.8) is 0 Å². The number of aliphatic carboxylic acids is 1. The van der Waals surface area contributed by atoms with Crippen molar-refractivity contribution >= 4 is 40.9 Å². The number of hydrogen-bond acceptors (Lipinski definition) is 2. The minimum atomic E-state index is -0.949. The average molecular weight is 319 g/mol. The largest absolute Gasteiger partial charge is 0.481 e. The van der Waals surface area contributed by atoms with Crippen LogP contribution in [-0.4, -0.2) is 34.6 Å². The van der Waals surface area contributed by atoms with Crippen molar-refractivity contribution in [3.8, 4) is 0 Å². The maximum Gasteiger partial charge on any atom is 0.322 e. The lowest BCUT2D eigenvalue weighted by Gasteiger charge is -2.27. The van der Waals surface area contributed by atoms with Crippen molar-refractivity contribution < 1.29 is 14.7 Å². The molecule has 2 N–H and O–H groups in total. The normalized spacial score (nSPS) is 11.8. The summed E-state index contributed by atoms with van der Waals surface area (Å²) in [7, 11) is 0. The molecule has 0 radical (unpaired) electrons. The second kappa shape index (κ2) is 7.36. The van der Waals surface area contributed by atoms with E-state index in [2.05, 4.69) is 5.32 Å². The van der Waals surface area contributed by atoms with Crippen molar-refractivity contribution in [2.75, 3.05) is 11.9 Å². The van der Waals surface area contributed by atoms with Gasteiger partial charge in [0, 0.05) is 28.3 Å². The first kappa shape index (κ1) is 16.6. The van der Waals surface area contributed by atoms with Gasteiger partial charge in [-0.25, -0.2) is 4.79 Å². The number of carboxylic acids is 1. The minimum Gasteiger partial charge on any atom is -0.481 e. The number of hydrogen-bond donors (Lipinski definition) is 2. The zero-order chi connectivity index (χ0) is 15.3. The number of halogens is 2. The predicted octanol–water partition coefficient (Wildman–Crippen LogP) is 3.71. The number of nitrogens with one attached hydrogen (secondary N) is 1. The molecule has 2 amide bonds. The van der Waals surface area contributed by atoms with Crippen LogP contribution in [0.3, 0.4) is 0 Å². The zero-order valence-electron chi connectivity index (χ0n) is 11.2. The summed E-state index contributed by atoms with van der Waals surface area (Å²) in [5.41, 5.74) is 0.466. The molecule has 0 aliphatic rings. The number of carbonyl (C=O) groups excluding carboxylic acids is 1. The molecule has 1 atom stereocenters. The highest BCUT2D eigenvalue weighted by Gasteiger charge is 2.20. The van der Waals surface area contributed by atoms with Crippen LogP contribution in [0, 0.1) is 0 Å². The first-order chi connectivity index (χ1) is 9.33. The topological polar surface area (TPSA) is 69.6 Å². The lowest BCUT2D eigenvalue weighted by molar-refractivity contribution is -0.137. The fourth-order valence-electron chi connectivity index (χ4n) is 1.84. The number of carbonyl (C=O) groups is 2. The summed E-state index contributed by atoms with van der Waals surface area (Å²) in [6.45, 7) is 3.86. The van der Waals surface area contributed by atoms with Gasteiger partial charge in [0.25, 0.3) is 0 Å². The maximum absolute atomic E-state index is 12.1. The smallest absolute Gasteiger partial charge is 0.322 e. The van der Waals surface area contributed by atoms with Crippen molar-refractivity contribution in [3.05, 3.63) is 28.2 Å². The summed E-state index contributed by atoms with van der Waals surface area (Å²) >= 11 is 11.7. The Hall–Kier alpha value is -1.46. The van der Waals surface area contributed by atoms with Crippen molar-refractivity contribution in [1.29, 1.82) is 0 Å². The van der Waals surface area contributed by atoms with Crippen LogP contribution >= 0.6 is 23.2 Å². The quantitative estimate of drug-likeness (QED) is 0.869. The first-order valence-corrected chi connectivity index (χ1v) is 6.84. The van der Waals surface area contributed by atoms with Gasteiger partial charge < -0.3 is 15.3 Å².